The van der Waals surface area contributed by atoms with E-state index in [4.69, 9.17) is 13.0 Å². The summed E-state index contributed by atoms with van der Waals surface area (Å²) in [6.45, 7) is 29.0. The van der Waals surface area contributed by atoms with Crippen molar-refractivity contribution in [2.24, 2.45) is 5.92 Å². The van der Waals surface area contributed by atoms with Gasteiger partial charge in [0.2, 0.25) is 0 Å². The van der Waals surface area contributed by atoms with Gasteiger partial charge in [-0.2, -0.15) is 8.42 Å². The molecule has 0 aliphatic rings. The summed E-state index contributed by atoms with van der Waals surface area (Å²) >= 11 is 2.20. The fourth-order valence-electron chi connectivity index (χ4n) is 2.63. The summed E-state index contributed by atoms with van der Waals surface area (Å²) in [4.78, 5) is 0. The van der Waals surface area contributed by atoms with Crippen LogP contribution >= 0.6 is 22.6 Å². The second-order valence-corrected chi connectivity index (χ2v) is 24.7. The van der Waals surface area contributed by atoms with Crippen molar-refractivity contribution < 1.29 is 21.5 Å². The third kappa shape index (κ3) is 11.9. The van der Waals surface area contributed by atoms with Crippen LogP contribution in [-0.2, 0) is 23.2 Å². The lowest BCUT2D eigenvalue weighted by atomic mass is 9.99. The first-order valence-corrected chi connectivity index (χ1v) is 20.2. The second kappa shape index (κ2) is 12.1. The summed E-state index contributed by atoms with van der Waals surface area (Å²) in [5.74, 6) is 0.172. The van der Waals surface area contributed by atoms with Crippen LogP contribution in [0, 0.1) is 5.92 Å². The van der Waals surface area contributed by atoms with E-state index in [1.54, 1.807) is 0 Å². The lowest BCUT2D eigenvalue weighted by molar-refractivity contribution is 0.0820. The van der Waals surface area contributed by atoms with Crippen molar-refractivity contribution >= 4 is 49.3 Å². The first kappa shape index (κ1) is 32.7. The molecule has 0 saturated heterocycles. The van der Waals surface area contributed by atoms with E-state index in [0.717, 1.165) is 9.84 Å². The van der Waals surface area contributed by atoms with Crippen LogP contribution in [0.25, 0.3) is 0 Å². The van der Waals surface area contributed by atoms with Crippen molar-refractivity contribution in [2.45, 2.75) is 116 Å². The molecule has 0 N–H and O–H groups in total. The Labute approximate surface area is 215 Å². The van der Waals surface area contributed by atoms with Gasteiger partial charge in [-0.05, 0) is 87.6 Å². The first-order valence-electron chi connectivity index (χ1n) is 11.5. The number of hydrogen-bond acceptors (Lipinski definition) is 5. The highest BCUT2D eigenvalue weighted by atomic mass is 127. The number of rotatable bonds is 13. The normalized spacial score (nSPS) is 17.2. The van der Waals surface area contributed by atoms with Gasteiger partial charge in [-0.15, -0.1) is 0 Å². The van der Waals surface area contributed by atoms with Gasteiger partial charge in [0.15, 0.2) is 16.6 Å². The predicted molar refractivity (Wildman–Crippen MR) is 151 cm³/mol. The van der Waals surface area contributed by atoms with Crippen molar-refractivity contribution in [1.82, 2.24) is 0 Å². The molecule has 0 aliphatic heterocycles. The second-order valence-electron chi connectivity index (χ2n) is 12.2. The quantitative estimate of drug-likeness (QED) is 0.121. The molecule has 2 unspecified atom stereocenters. The monoisotopic (exact) mass is 620 g/mol. The molecule has 0 fully saturated rings. The van der Waals surface area contributed by atoms with Gasteiger partial charge in [-0.25, -0.2) is 0 Å². The molecule has 0 spiro atoms. The molecule has 3 atom stereocenters. The Kier molecular flexibility index (Phi) is 12.4. The summed E-state index contributed by atoms with van der Waals surface area (Å²) in [7, 11) is -7.49. The van der Waals surface area contributed by atoms with Gasteiger partial charge in [-0.3, -0.25) is 4.18 Å². The molecule has 0 amide bonds. The van der Waals surface area contributed by atoms with Crippen LogP contribution < -0.4 is 0 Å². The standard InChI is InChI=1S/C23H49IO5SSi2/c1-18(19(2)24)16-20(28-30(9,25)26)14-15-21(29-32(12,13)23(6,7)8)17-27-31(10,11)22(3,4)5/h18,20-21H,2,14-17H2,1,3-13H3/t18?,20-,21?/m1/s1. The molecule has 0 heterocycles. The predicted octanol–water partition coefficient (Wildman–Crippen LogP) is 7.50. The molecule has 5 nitrogen and oxygen atoms in total. The van der Waals surface area contributed by atoms with E-state index in [2.05, 4.69) is 104 Å². The van der Waals surface area contributed by atoms with E-state index in [1.807, 2.05) is 0 Å². The fourth-order valence-corrected chi connectivity index (χ4v) is 5.97. The van der Waals surface area contributed by atoms with Crippen molar-refractivity contribution in [3.8, 4) is 0 Å². The third-order valence-electron chi connectivity index (χ3n) is 6.98. The molecule has 0 aromatic rings. The molecule has 9 heteroatoms. The van der Waals surface area contributed by atoms with E-state index < -0.39 is 32.9 Å². The van der Waals surface area contributed by atoms with Gasteiger partial charge >= 0.3 is 0 Å². The first-order chi connectivity index (χ1) is 14.0. The summed E-state index contributed by atoms with van der Waals surface area (Å²) in [6, 6.07) is 0. The topological polar surface area (TPSA) is 61.8 Å². The minimum Gasteiger partial charge on any atom is -0.414 e. The molecule has 0 aliphatic carbocycles. The Morgan fingerprint density at radius 3 is 1.75 bits per heavy atom. The molecule has 0 saturated carbocycles. The average molecular weight is 621 g/mol. The van der Waals surface area contributed by atoms with Crippen molar-refractivity contribution in [3.63, 3.8) is 0 Å². The highest BCUT2D eigenvalue weighted by Gasteiger charge is 2.41. The summed E-state index contributed by atoms with van der Waals surface area (Å²) in [5.41, 5.74) is 0. The molecule has 0 aromatic heterocycles. The van der Waals surface area contributed by atoms with Crippen LogP contribution in [0.4, 0.5) is 0 Å². The van der Waals surface area contributed by atoms with Crippen LogP contribution in [-0.4, -0.2) is 50.1 Å². The van der Waals surface area contributed by atoms with Crippen LogP contribution in [0.2, 0.25) is 36.3 Å². The van der Waals surface area contributed by atoms with Gasteiger partial charge in [0.05, 0.1) is 25.1 Å². The Bertz CT molecular complexity index is 709. The highest BCUT2D eigenvalue weighted by molar-refractivity contribution is 14.1. The van der Waals surface area contributed by atoms with Crippen LogP contribution in [0.1, 0.15) is 67.7 Å². The SMILES string of the molecule is C=C(I)C(C)C[C@@H](CCC(CO[Si](C)(C)C(C)(C)C)O[Si](C)(C)C(C)(C)C)OS(C)(=O)=O. The third-order valence-corrected chi connectivity index (χ3v) is 17.7. The van der Waals surface area contributed by atoms with Crippen LogP contribution in [0.15, 0.2) is 10.2 Å². The van der Waals surface area contributed by atoms with Gasteiger partial charge in [0, 0.05) is 0 Å². The minimum atomic E-state index is -3.54. The molecule has 0 rings (SSSR count). The zero-order valence-corrected chi connectivity index (χ0v) is 27.6. The maximum Gasteiger partial charge on any atom is 0.264 e. The lowest BCUT2D eigenvalue weighted by Crippen LogP contribution is -2.48. The maximum absolute atomic E-state index is 11.9. The van der Waals surface area contributed by atoms with E-state index in [0.29, 0.717) is 25.9 Å². The van der Waals surface area contributed by atoms with Gasteiger partial charge in [-0.1, -0.05) is 55.0 Å². The molecular formula is C23H49IO5SSi2. The smallest absolute Gasteiger partial charge is 0.264 e. The van der Waals surface area contributed by atoms with E-state index in [-0.39, 0.29) is 22.1 Å². The largest absolute Gasteiger partial charge is 0.414 e. The van der Waals surface area contributed by atoms with Gasteiger partial charge in [0.1, 0.15) is 0 Å². The molecular weight excluding hydrogens is 571 g/mol. The van der Waals surface area contributed by atoms with Gasteiger partial charge in [0.25, 0.3) is 10.1 Å². The molecule has 192 valence electrons. The average Bonchev–Trinajstić information content (AvgIpc) is 2.53. The Morgan fingerprint density at radius 1 is 0.938 bits per heavy atom. The Balaban J connectivity index is 5.60. The lowest BCUT2D eigenvalue weighted by Gasteiger charge is -2.42. The number of halogens is 1. The fraction of sp³-hybridized carbons (Fsp3) is 0.913. The van der Waals surface area contributed by atoms with E-state index in [1.165, 1.54) is 0 Å². The zero-order valence-electron chi connectivity index (χ0n) is 22.6. The maximum atomic E-state index is 11.9. The summed E-state index contributed by atoms with van der Waals surface area (Å²) in [5, 5.41) is 0.199. The summed E-state index contributed by atoms with van der Waals surface area (Å²) in [6.07, 6.45) is 2.54. The molecule has 32 heavy (non-hydrogen) atoms. The van der Waals surface area contributed by atoms with Crippen LogP contribution in [0.3, 0.4) is 0 Å². The Morgan fingerprint density at radius 2 is 1.38 bits per heavy atom. The van der Waals surface area contributed by atoms with Crippen molar-refractivity contribution in [2.75, 3.05) is 12.9 Å². The van der Waals surface area contributed by atoms with E-state index in [9.17, 15) is 8.42 Å². The van der Waals surface area contributed by atoms with Crippen molar-refractivity contribution in [1.29, 1.82) is 0 Å². The van der Waals surface area contributed by atoms with Gasteiger partial charge < -0.3 is 8.85 Å². The minimum absolute atomic E-state index is 0.0817. The molecule has 0 bridgehead atoms. The van der Waals surface area contributed by atoms with Crippen LogP contribution in [0.5, 0.6) is 0 Å². The van der Waals surface area contributed by atoms with Crippen molar-refractivity contribution in [3.05, 3.63) is 10.2 Å². The number of hydrogen-bond donors (Lipinski definition) is 0. The van der Waals surface area contributed by atoms with E-state index >= 15 is 0 Å². The molecule has 0 aromatic carbocycles. The Hall–Kier alpha value is 0.734. The number of allylic oxidation sites excluding steroid dienone is 1. The highest BCUT2D eigenvalue weighted by Crippen LogP contribution is 2.40. The summed E-state index contributed by atoms with van der Waals surface area (Å²) < 4.78 is 43.5. The molecule has 0 radical (unpaired) electrons. The zero-order chi connectivity index (χ0) is 25.8.